The molecular weight excluding hydrogens is 336 g/mol. The number of rotatable bonds is 4. The van der Waals surface area contributed by atoms with Crippen molar-refractivity contribution < 1.29 is 9.53 Å². The Kier molecular flexibility index (Phi) is 5.05. The smallest absolute Gasteiger partial charge is 0.272 e. The van der Waals surface area contributed by atoms with Crippen LogP contribution in [0.5, 0.6) is 5.75 Å². The van der Waals surface area contributed by atoms with E-state index >= 15 is 0 Å². The van der Waals surface area contributed by atoms with Gasteiger partial charge in [-0.1, -0.05) is 49.4 Å². The average Bonchev–Trinajstić information content (AvgIpc) is 2.72. The second-order valence-electron chi connectivity index (χ2n) is 7.28. The summed E-state index contributed by atoms with van der Waals surface area (Å²) in [5.41, 5.74) is 1.27. The fourth-order valence-corrected chi connectivity index (χ4v) is 3.69. The molecule has 0 spiro atoms. The summed E-state index contributed by atoms with van der Waals surface area (Å²) in [6.07, 6.45) is 2.26. The first-order valence-electron chi connectivity index (χ1n) is 9.56. The van der Waals surface area contributed by atoms with Gasteiger partial charge < -0.3 is 9.64 Å². The van der Waals surface area contributed by atoms with E-state index in [1.54, 1.807) is 6.07 Å². The van der Waals surface area contributed by atoms with E-state index in [1.165, 1.54) is 6.42 Å². The predicted octanol–water partition coefficient (Wildman–Crippen LogP) is 4.69. The van der Waals surface area contributed by atoms with E-state index in [0.717, 1.165) is 41.7 Å². The number of aromatic nitrogens is 1. The minimum Gasteiger partial charge on any atom is -0.487 e. The van der Waals surface area contributed by atoms with Gasteiger partial charge in [0.2, 0.25) is 0 Å². The van der Waals surface area contributed by atoms with Crippen molar-refractivity contribution in [2.45, 2.75) is 26.4 Å². The highest BCUT2D eigenvalue weighted by Crippen LogP contribution is 2.26. The number of benzene rings is 2. The van der Waals surface area contributed by atoms with Gasteiger partial charge in [-0.2, -0.15) is 0 Å². The van der Waals surface area contributed by atoms with E-state index in [2.05, 4.69) is 30.1 Å². The zero-order valence-electron chi connectivity index (χ0n) is 15.6. The van der Waals surface area contributed by atoms with Crippen LogP contribution in [-0.4, -0.2) is 28.9 Å². The van der Waals surface area contributed by atoms with Gasteiger partial charge in [0.05, 0.1) is 5.69 Å². The Balaban J connectivity index is 1.48. The van der Waals surface area contributed by atoms with Crippen molar-refractivity contribution in [3.05, 3.63) is 72.1 Å². The first kappa shape index (κ1) is 17.5. The van der Waals surface area contributed by atoms with Crippen molar-refractivity contribution in [2.75, 3.05) is 13.1 Å². The molecule has 1 amide bonds. The van der Waals surface area contributed by atoms with E-state index in [9.17, 15) is 4.79 Å². The summed E-state index contributed by atoms with van der Waals surface area (Å²) < 4.78 is 6.02. The molecule has 2 aromatic carbocycles. The lowest BCUT2D eigenvalue weighted by Gasteiger charge is -2.30. The van der Waals surface area contributed by atoms with Crippen molar-refractivity contribution in [3.8, 4) is 5.75 Å². The summed E-state index contributed by atoms with van der Waals surface area (Å²) in [5, 5.41) is 2.22. The van der Waals surface area contributed by atoms with Gasteiger partial charge in [0.1, 0.15) is 18.1 Å². The zero-order chi connectivity index (χ0) is 18.6. The lowest BCUT2D eigenvalue weighted by molar-refractivity contribution is 0.0676. The molecule has 1 atom stereocenters. The van der Waals surface area contributed by atoms with Crippen molar-refractivity contribution in [3.63, 3.8) is 0 Å². The third kappa shape index (κ3) is 3.95. The van der Waals surface area contributed by atoms with Crippen LogP contribution in [0.1, 0.15) is 35.9 Å². The lowest BCUT2D eigenvalue weighted by Crippen LogP contribution is -2.39. The van der Waals surface area contributed by atoms with Gasteiger partial charge >= 0.3 is 0 Å². The summed E-state index contributed by atoms with van der Waals surface area (Å²) in [5.74, 6) is 1.41. The maximum atomic E-state index is 12.8. The quantitative estimate of drug-likeness (QED) is 0.678. The molecule has 2 heterocycles. The highest BCUT2D eigenvalue weighted by molar-refractivity contribution is 5.92. The third-order valence-corrected chi connectivity index (χ3v) is 5.10. The molecule has 1 unspecified atom stereocenters. The Morgan fingerprint density at radius 2 is 1.93 bits per heavy atom. The number of fused-ring (bicyclic) bond motifs is 1. The van der Waals surface area contributed by atoms with Crippen LogP contribution in [0.3, 0.4) is 0 Å². The molecule has 4 nitrogen and oxygen atoms in total. The number of hydrogen-bond acceptors (Lipinski definition) is 3. The predicted molar refractivity (Wildman–Crippen MR) is 107 cm³/mol. The molecule has 0 radical (unpaired) electrons. The number of pyridine rings is 1. The van der Waals surface area contributed by atoms with E-state index in [4.69, 9.17) is 4.74 Å². The number of piperidine rings is 1. The van der Waals surface area contributed by atoms with E-state index in [0.29, 0.717) is 18.2 Å². The van der Waals surface area contributed by atoms with Crippen molar-refractivity contribution >= 4 is 16.7 Å². The van der Waals surface area contributed by atoms with Gasteiger partial charge in [0, 0.05) is 18.5 Å². The fraction of sp³-hybridized carbons (Fsp3) is 0.304. The molecule has 138 valence electrons. The molecular formula is C23H24N2O2. The van der Waals surface area contributed by atoms with Crippen LogP contribution in [0.25, 0.3) is 10.8 Å². The molecule has 1 fully saturated rings. The van der Waals surface area contributed by atoms with Gasteiger partial charge in [0.15, 0.2) is 0 Å². The molecule has 4 rings (SSSR count). The second kappa shape index (κ2) is 7.78. The lowest BCUT2D eigenvalue weighted by atomic mass is 10.00. The van der Waals surface area contributed by atoms with Crippen molar-refractivity contribution in [2.24, 2.45) is 5.92 Å². The monoisotopic (exact) mass is 360 g/mol. The number of amides is 1. The highest BCUT2D eigenvalue weighted by Gasteiger charge is 2.23. The molecule has 0 N–H and O–H groups in total. The van der Waals surface area contributed by atoms with E-state index in [1.807, 2.05) is 41.3 Å². The van der Waals surface area contributed by atoms with Crippen LogP contribution in [0.2, 0.25) is 0 Å². The summed E-state index contributed by atoms with van der Waals surface area (Å²) in [4.78, 5) is 19.2. The molecule has 3 aromatic rings. The molecule has 1 aliphatic heterocycles. The Morgan fingerprint density at radius 3 is 2.81 bits per heavy atom. The van der Waals surface area contributed by atoms with Crippen LogP contribution in [0, 0.1) is 5.92 Å². The van der Waals surface area contributed by atoms with Gasteiger partial charge in [-0.05, 0) is 42.3 Å². The van der Waals surface area contributed by atoms with Gasteiger partial charge in [-0.25, -0.2) is 4.98 Å². The van der Waals surface area contributed by atoms with Crippen LogP contribution in [-0.2, 0) is 6.61 Å². The average molecular weight is 360 g/mol. The van der Waals surface area contributed by atoms with Gasteiger partial charge in [-0.3, -0.25) is 4.79 Å². The summed E-state index contributed by atoms with van der Waals surface area (Å²) >= 11 is 0. The van der Waals surface area contributed by atoms with Crippen LogP contribution < -0.4 is 4.74 Å². The second-order valence-corrected chi connectivity index (χ2v) is 7.28. The fourth-order valence-electron chi connectivity index (χ4n) is 3.69. The minimum atomic E-state index is 0.0218. The number of hydrogen-bond donors (Lipinski definition) is 0. The number of likely N-dealkylation sites (tertiary alicyclic amines) is 1. The Hall–Kier alpha value is -2.88. The van der Waals surface area contributed by atoms with Crippen molar-refractivity contribution in [1.82, 2.24) is 9.88 Å². The molecule has 1 saturated heterocycles. The maximum Gasteiger partial charge on any atom is 0.272 e. The van der Waals surface area contributed by atoms with Gasteiger partial charge in [-0.15, -0.1) is 0 Å². The summed E-state index contributed by atoms with van der Waals surface area (Å²) in [6, 6.07) is 19.7. The third-order valence-electron chi connectivity index (χ3n) is 5.10. The largest absolute Gasteiger partial charge is 0.487 e. The molecule has 0 aliphatic carbocycles. The number of nitrogens with zero attached hydrogens (tertiary/aromatic N) is 2. The normalized spacial score (nSPS) is 17.1. The minimum absolute atomic E-state index is 0.0218. The standard InChI is InChI=1S/C23H24N2O2/c1-17-7-6-14-25(15-17)23(26)21-12-5-10-19(24-21)16-27-22-13-4-9-18-8-2-3-11-20(18)22/h2-5,8-13,17H,6-7,14-16H2,1H3. The molecule has 0 bridgehead atoms. The first-order chi connectivity index (χ1) is 13.2. The van der Waals surface area contributed by atoms with Crippen LogP contribution in [0.15, 0.2) is 60.7 Å². The van der Waals surface area contributed by atoms with Crippen LogP contribution in [0.4, 0.5) is 0 Å². The molecule has 0 saturated carbocycles. The first-order valence-corrected chi connectivity index (χ1v) is 9.56. The Bertz CT molecular complexity index is 949. The van der Waals surface area contributed by atoms with E-state index < -0.39 is 0 Å². The maximum absolute atomic E-state index is 12.8. The van der Waals surface area contributed by atoms with Gasteiger partial charge in [0.25, 0.3) is 5.91 Å². The summed E-state index contributed by atoms with van der Waals surface area (Å²) in [6.45, 7) is 4.17. The Labute approximate surface area is 159 Å². The van der Waals surface area contributed by atoms with Crippen molar-refractivity contribution in [1.29, 1.82) is 0 Å². The summed E-state index contributed by atoms with van der Waals surface area (Å²) in [7, 11) is 0. The topological polar surface area (TPSA) is 42.4 Å². The zero-order valence-corrected chi connectivity index (χ0v) is 15.6. The Morgan fingerprint density at radius 1 is 1.11 bits per heavy atom. The highest BCUT2D eigenvalue weighted by atomic mass is 16.5. The molecule has 1 aliphatic rings. The molecule has 4 heteroatoms. The number of carbonyl (C=O) groups excluding carboxylic acids is 1. The molecule has 27 heavy (non-hydrogen) atoms. The number of carbonyl (C=O) groups is 1. The van der Waals surface area contributed by atoms with E-state index in [-0.39, 0.29) is 5.91 Å². The SMILES string of the molecule is CC1CCCN(C(=O)c2cccc(COc3cccc4ccccc34)n2)C1. The number of ether oxygens (including phenoxy) is 1. The molecule has 1 aromatic heterocycles. The van der Waals surface area contributed by atoms with Crippen LogP contribution >= 0.6 is 0 Å².